The lowest BCUT2D eigenvalue weighted by Crippen LogP contribution is -2.26. The highest BCUT2D eigenvalue weighted by molar-refractivity contribution is 8.00. The number of benzene rings is 1. The molecule has 0 aliphatic rings. The van der Waals surface area contributed by atoms with E-state index in [1.54, 1.807) is 0 Å². The van der Waals surface area contributed by atoms with Gasteiger partial charge in [0.25, 0.3) is 0 Å². The van der Waals surface area contributed by atoms with Crippen molar-refractivity contribution in [2.75, 3.05) is 18.9 Å². The van der Waals surface area contributed by atoms with E-state index in [1.165, 1.54) is 6.07 Å². The molecule has 0 aliphatic heterocycles. The van der Waals surface area contributed by atoms with E-state index in [1.807, 2.05) is 0 Å². The molecule has 6 heteroatoms. The van der Waals surface area contributed by atoms with Crippen LogP contribution >= 0.6 is 11.8 Å². The molecule has 0 atom stereocenters. The van der Waals surface area contributed by atoms with Gasteiger partial charge >= 0.3 is 0 Å². The number of carbonyl (C=O) groups is 1. The average molecular weight is 275 g/mol. The third kappa shape index (κ3) is 5.46. The van der Waals surface area contributed by atoms with E-state index in [4.69, 9.17) is 5.11 Å². The summed E-state index contributed by atoms with van der Waals surface area (Å²) in [5.74, 6) is -1.82. The highest BCUT2D eigenvalue weighted by Crippen LogP contribution is 2.19. The monoisotopic (exact) mass is 275 g/mol. The molecular weight excluding hydrogens is 260 g/mol. The van der Waals surface area contributed by atoms with Gasteiger partial charge in [0.2, 0.25) is 5.91 Å². The first-order valence-electron chi connectivity index (χ1n) is 5.59. The summed E-state index contributed by atoms with van der Waals surface area (Å²) in [6.07, 6.45) is 1.37. The smallest absolute Gasteiger partial charge is 0.230 e. The Morgan fingerprint density at radius 1 is 1.28 bits per heavy atom. The van der Waals surface area contributed by atoms with Crippen LogP contribution in [0.5, 0.6) is 0 Å². The Morgan fingerprint density at radius 3 is 2.72 bits per heavy atom. The molecule has 0 spiro atoms. The molecule has 1 amide bonds. The summed E-state index contributed by atoms with van der Waals surface area (Å²) in [4.78, 5) is 11.9. The molecular formula is C12H15F2NO2S. The third-order valence-electron chi connectivity index (χ3n) is 2.17. The quantitative estimate of drug-likeness (QED) is 0.590. The Hall–Kier alpha value is -1.14. The summed E-state index contributed by atoms with van der Waals surface area (Å²) < 4.78 is 25.5. The number of unbranched alkanes of at least 4 members (excludes halogenated alkanes) is 1. The van der Waals surface area contributed by atoms with Gasteiger partial charge in [-0.05, 0) is 31.0 Å². The largest absolute Gasteiger partial charge is 0.396 e. The van der Waals surface area contributed by atoms with Gasteiger partial charge in [0.05, 0.1) is 5.75 Å². The van der Waals surface area contributed by atoms with Crippen molar-refractivity contribution in [3.8, 4) is 0 Å². The standard InChI is InChI=1S/C12H15F2NO2S/c13-10-4-3-9(7-11(10)14)18-8-12(17)15-5-1-2-6-16/h3-4,7,16H,1-2,5-6,8H2,(H,15,17). The molecule has 0 aromatic heterocycles. The number of hydrogen-bond acceptors (Lipinski definition) is 3. The minimum atomic E-state index is -0.914. The maximum absolute atomic E-state index is 12.9. The van der Waals surface area contributed by atoms with Crippen molar-refractivity contribution in [3.05, 3.63) is 29.8 Å². The van der Waals surface area contributed by atoms with Crippen LogP contribution in [-0.2, 0) is 4.79 Å². The molecule has 0 heterocycles. The number of halogens is 2. The number of amides is 1. The van der Waals surface area contributed by atoms with Crippen LogP contribution < -0.4 is 5.32 Å². The van der Waals surface area contributed by atoms with Crippen molar-refractivity contribution >= 4 is 17.7 Å². The van der Waals surface area contributed by atoms with E-state index in [0.29, 0.717) is 17.9 Å². The van der Waals surface area contributed by atoms with Crippen LogP contribution in [0.1, 0.15) is 12.8 Å². The number of thioether (sulfide) groups is 1. The van der Waals surface area contributed by atoms with Crippen LogP contribution in [0.25, 0.3) is 0 Å². The van der Waals surface area contributed by atoms with Crippen LogP contribution in [0.4, 0.5) is 8.78 Å². The number of carbonyl (C=O) groups excluding carboxylic acids is 1. The van der Waals surface area contributed by atoms with Gasteiger partial charge in [-0.1, -0.05) is 0 Å². The number of aliphatic hydroxyl groups excluding tert-OH is 1. The fraction of sp³-hybridized carbons (Fsp3) is 0.417. The minimum absolute atomic E-state index is 0.111. The molecule has 1 rings (SSSR count). The molecule has 0 radical (unpaired) electrons. The number of hydrogen-bond donors (Lipinski definition) is 2. The molecule has 0 saturated carbocycles. The lowest BCUT2D eigenvalue weighted by atomic mass is 10.3. The van der Waals surface area contributed by atoms with E-state index in [2.05, 4.69) is 5.32 Å². The summed E-state index contributed by atoms with van der Waals surface area (Å²) in [7, 11) is 0. The highest BCUT2D eigenvalue weighted by atomic mass is 32.2. The lowest BCUT2D eigenvalue weighted by Gasteiger charge is -2.04. The summed E-state index contributed by atoms with van der Waals surface area (Å²) >= 11 is 1.15. The average Bonchev–Trinajstić information content (AvgIpc) is 2.36. The van der Waals surface area contributed by atoms with Gasteiger partial charge in [-0.25, -0.2) is 8.78 Å². The predicted molar refractivity (Wildman–Crippen MR) is 66.4 cm³/mol. The Morgan fingerprint density at radius 2 is 2.06 bits per heavy atom. The topological polar surface area (TPSA) is 49.3 Å². The summed E-state index contributed by atoms with van der Waals surface area (Å²) in [5.41, 5.74) is 0. The minimum Gasteiger partial charge on any atom is -0.396 e. The Bertz CT molecular complexity index is 402. The second-order valence-corrected chi connectivity index (χ2v) is 4.69. The van der Waals surface area contributed by atoms with Gasteiger partial charge in [0.1, 0.15) is 0 Å². The Labute approximate surface area is 109 Å². The van der Waals surface area contributed by atoms with Crippen molar-refractivity contribution in [2.24, 2.45) is 0 Å². The van der Waals surface area contributed by atoms with E-state index < -0.39 is 11.6 Å². The predicted octanol–water partition coefficient (Wildman–Crippen LogP) is 1.95. The maximum atomic E-state index is 12.9. The Kier molecular flexibility index (Phi) is 6.67. The van der Waals surface area contributed by atoms with Crippen LogP contribution in [0.3, 0.4) is 0 Å². The molecule has 100 valence electrons. The zero-order valence-electron chi connectivity index (χ0n) is 9.79. The Balaban J connectivity index is 2.27. The van der Waals surface area contributed by atoms with Crippen molar-refractivity contribution in [3.63, 3.8) is 0 Å². The van der Waals surface area contributed by atoms with Crippen LogP contribution in [0.2, 0.25) is 0 Å². The van der Waals surface area contributed by atoms with Crippen molar-refractivity contribution in [2.45, 2.75) is 17.7 Å². The number of nitrogens with one attached hydrogen (secondary N) is 1. The molecule has 0 saturated heterocycles. The highest BCUT2D eigenvalue weighted by Gasteiger charge is 2.05. The molecule has 0 bridgehead atoms. The van der Waals surface area contributed by atoms with Gasteiger partial charge in [0.15, 0.2) is 11.6 Å². The summed E-state index contributed by atoms with van der Waals surface area (Å²) in [6, 6.07) is 3.54. The van der Waals surface area contributed by atoms with Gasteiger partial charge < -0.3 is 10.4 Å². The summed E-state index contributed by atoms with van der Waals surface area (Å²) in [6.45, 7) is 0.622. The van der Waals surface area contributed by atoms with Crippen molar-refractivity contribution < 1.29 is 18.7 Å². The normalized spacial score (nSPS) is 10.4. The third-order valence-corrected chi connectivity index (χ3v) is 3.16. The summed E-state index contributed by atoms with van der Waals surface area (Å²) in [5, 5.41) is 11.2. The number of aliphatic hydroxyl groups is 1. The zero-order valence-corrected chi connectivity index (χ0v) is 10.6. The molecule has 18 heavy (non-hydrogen) atoms. The van der Waals surface area contributed by atoms with Crippen LogP contribution in [0, 0.1) is 11.6 Å². The molecule has 0 aliphatic carbocycles. The SMILES string of the molecule is O=C(CSc1ccc(F)c(F)c1)NCCCCO. The molecule has 3 nitrogen and oxygen atoms in total. The first-order chi connectivity index (χ1) is 8.63. The zero-order chi connectivity index (χ0) is 13.4. The molecule has 1 aromatic carbocycles. The van der Waals surface area contributed by atoms with E-state index in [-0.39, 0.29) is 18.3 Å². The van der Waals surface area contributed by atoms with Crippen molar-refractivity contribution in [1.82, 2.24) is 5.32 Å². The first kappa shape index (κ1) is 14.9. The second kappa shape index (κ2) is 8.05. The number of rotatable bonds is 7. The lowest BCUT2D eigenvalue weighted by molar-refractivity contribution is -0.118. The second-order valence-electron chi connectivity index (χ2n) is 3.65. The fourth-order valence-electron chi connectivity index (χ4n) is 1.23. The van der Waals surface area contributed by atoms with E-state index in [0.717, 1.165) is 30.3 Å². The van der Waals surface area contributed by atoms with Gasteiger partial charge in [-0.2, -0.15) is 0 Å². The molecule has 0 fully saturated rings. The van der Waals surface area contributed by atoms with E-state index >= 15 is 0 Å². The van der Waals surface area contributed by atoms with Crippen LogP contribution in [-0.4, -0.2) is 29.9 Å². The first-order valence-corrected chi connectivity index (χ1v) is 6.57. The van der Waals surface area contributed by atoms with E-state index in [9.17, 15) is 13.6 Å². The van der Waals surface area contributed by atoms with Gasteiger partial charge in [-0.3, -0.25) is 4.79 Å². The van der Waals surface area contributed by atoms with Crippen LogP contribution in [0.15, 0.2) is 23.1 Å². The fourth-order valence-corrected chi connectivity index (χ4v) is 1.98. The van der Waals surface area contributed by atoms with Gasteiger partial charge in [-0.15, -0.1) is 11.8 Å². The maximum Gasteiger partial charge on any atom is 0.230 e. The molecule has 0 unspecified atom stereocenters. The van der Waals surface area contributed by atoms with Crippen molar-refractivity contribution in [1.29, 1.82) is 0 Å². The molecule has 2 N–H and O–H groups in total. The van der Waals surface area contributed by atoms with Gasteiger partial charge in [0, 0.05) is 18.0 Å². The molecule has 1 aromatic rings.